The molecule has 0 spiro atoms. The Hall–Kier alpha value is -2.83. The van der Waals surface area contributed by atoms with E-state index in [-0.39, 0.29) is 0 Å². The van der Waals surface area contributed by atoms with Crippen LogP contribution in [0.25, 0.3) is 11.1 Å². The van der Waals surface area contributed by atoms with Gasteiger partial charge in [0.05, 0.1) is 5.52 Å². The number of anilines is 1. The number of oxazole rings is 1. The largest absolute Gasteiger partial charge is 0.478 e. The van der Waals surface area contributed by atoms with Crippen molar-refractivity contribution < 1.29 is 19.1 Å². The van der Waals surface area contributed by atoms with E-state index in [0.29, 0.717) is 16.8 Å². The minimum Gasteiger partial charge on any atom is -0.478 e. The molecule has 19 heavy (non-hydrogen) atoms. The van der Waals surface area contributed by atoms with Gasteiger partial charge in [-0.2, -0.15) is 0 Å². The molecule has 0 fully saturated rings. The van der Waals surface area contributed by atoms with Crippen LogP contribution in [0.4, 0.5) is 5.69 Å². The first kappa shape index (κ1) is 12.6. The molecule has 1 heterocycles. The molecular formula is C12H10N2O5. The van der Waals surface area contributed by atoms with Crippen LogP contribution in [-0.4, -0.2) is 21.6 Å². The second-order valence-corrected chi connectivity index (χ2v) is 3.77. The van der Waals surface area contributed by atoms with Gasteiger partial charge in [-0.1, -0.05) is 0 Å². The summed E-state index contributed by atoms with van der Waals surface area (Å²) in [6.07, 6.45) is 1.63. The summed E-state index contributed by atoms with van der Waals surface area (Å²) in [6.45, 7) is 0. The van der Waals surface area contributed by atoms with Crippen molar-refractivity contribution >= 4 is 28.7 Å². The van der Waals surface area contributed by atoms with Crippen LogP contribution in [0.5, 0.6) is 0 Å². The number of aryl methyl sites for hydroxylation is 1. The molecule has 98 valence electrons. The van der Waals surface area contributed by atoms with Crippen LogP contribution in [0.15, 0.2) is 39.6 Å². The highest BCUT2D eigenvalue weighted by Gasteiger charge is 2.07. The van der Waals surface area contributed by atoms with Crippen molar-refractivity contribution in [3.8, 4) is 0 Å². The number of nitrogens with zero attached hydrogens (tertiary/aromatic N) is 1. The Kier molecular flexibility index (Phi) is 3.19. The molecule has 0 aliphatic heterocycles. The van der Waals surface area contributed by atoms with E-state index in [9.17, 15) is 14.4 Å². The summed E-state index contributed by atoms with van der Waals surface area (Å²) in [7, 11) is 1.57. The Morgan fingerprint density at radius 3 is 2.79 bits per heavy atom. The predicted molar refractivity (Wildman–Crippen MR) is 66.9 cm³/mol. The Balaban J connectivity index is 2.25. The predicted octanol–water partition coefficient (Wildman–Crippen LogP) is 0.711. The topological polar surface area (TPSA) is 102 Å². The third-order valence-electron chi connectivity index (χ3n) is 2.44. The van der Waals surface area contributed by atoms with Crippen LogP contribution in [0.1, 0.15) is 0 Å². The molecular weight excluding hydrogens is 252 g/mol. The van der Waals surface area contributed by atoms with Crippen LogP contribution >= 0.6 is 0 Å². The average Bonchev–Trinajstić information content (AvgIpc) is 2.62. The second-order valence-electron chi connectivity index (χ2n) is 3.77. The van der Waals surface area contributed by atoms with E-state index in [1.165, 1.54) is 10.6 Å². The van der Waals surface area contributed by atoms with Crippen LogP contribution in [-0.2, 0) is 16.6 Å². The second kappa shape index (κ2) is 4.81. The maximum Gasteiger partial charge on any atom is 0.419 e. The van der Waals surface area contributed by atoms with E-state index in [4.69, 9.17) is 9.52 Å². The van der Waals surface area contributed by atoms with Crippen molar-refractivity contribution in [2.75, 3.05) is 5.32 Å². The molecule has 1 amide bonds. The first-order valence-corrected chi connectivity index (χ1v) is 5.29. The van der Waals surface area contributed by atoms with Crippen molar-refractivity contribution in [3.63, 3.8) is 0 Å². The first-order valence-electron chi connectivity index (χ1n) is 5.29. The van der Waals surface area contributed by atoms with Crippen LogP contribution in [0.3, 0.4) is 0 Å². The lowest BCUT2D eigenvalue weighted by molar-refractivity contribution is -0.131. The van der Waals surface area contributed by atoms with E-state index in [1.54, 1.807) is 19.2 Å². The molecule has 0 saturated carbocycles. The van der Waals surface area contributed by atoms with Crippen molar-refractivity contribution in [2.24, 2.45) is 7.05 Å². The number of aliphatic carboxylic acids is 1. The standard InChI is InChI=1S/C12H10N2O5/c1-14-8-3-2-7(6-9(8)19-12(14)18)13-10(15)4-5-11(16)17/h2-6H,1H3,(H,13,15)(H,16,17)/b5-4+. The van der Waals surface area contributed by atoms with Gasteiger partial charge in [-0.25, -0.2) is 9.59 Å². The van der Waals surface area contributed by atoms with Gasteiger partial charge < -0.3 is 14.8 Å². The molecule has 0 unspecified atom stereocenters. The van der Waals surface area contributed by atoms with E-state index in [1.807, 2.05) is 0 Å². The lowest BCUT2D eigenvalue weighted by Crippen LogP contribution is -2.09. The quantitative estimate of drug-likeness (QED) is 0.793. The number of benzene rings is 1. The van der Waals surface area contributed by atoms with Crippen LogP contribution in [0, 0.1) is 0 Å². The van der Waals surface area contributed by atoms with E-state index < -0.39 is 17.6 Å². The average molecular weight is 262 g/mol. The van der Waals surface area contributed by atoms with Gasteiger partial charge in [0.1, 0.15) is 0 Å². The zero-order valence-corrected chi connectivity index (χ0v) is 9.91. The van der Waals surface area contributed by atoms with Gasteiger partial charge in [0.15, 0.2) is 5.58 Å². The van der Waals surface area contributed by atoms with Gasteiger partial charge in [0.2, 0.25) is 5.91 Å². The normalized spacial score (nSPS) is 11.0. The molecule has 1 aromatic carbocycles. The number of amides is 1. The number of carboxylic acids is 1. The molecule has 2 aromatic rings. The summed E-state index contributed by atoms with van der Waals surface area (Å²) in [5, 5.41) is 10.8. The van der Waals surface area contributed by atoms with E-state index in [2.05, 4.69) is 5.32 Å². The van der Waals surface area contributed by atoms with Crippen molar-refractivity contribution in [2.45, 2.75) is 0 Å². The minimum atomic E-state index is -1.21. The van der Waals surface area contributed by atoms with Gasteiger partial charge in [-0.05, 0) is 12.1 Å². The molecule has 0 aliphatic rings. The van der Waals surface area contributed by atoms with Crippen molar-refractivity contribution in [1.82, 2.24) is 4.57 Å². The van der Waals surface area contributed by atoms with Crippen LogP contribution < -0.4 is 11.1 Å². The summed E-state index contributed by atoms with van der Waals surface area (Å²) in [6, 6.07) is 4.70. The fourth-order valence-electron chi connectivity index (χ4n) is 1.54. The summed E-state index contributed by atoms with van der Waals surface area (Å²) in [5.74, 6) is -2.29. The summed E-state index contributed by atoms with van der Waals surface area (Å²) in [4.78, 5) is 32.9. The van der Waals surface area contributed by atoms with Gasteiger partial charge >= 0.3 is 11.7 Å². The molecule has 7 nitrogen and oxygen atoms in total. The number of aromatic nitrogens is 1. The van der Waals surface area contributed by atoms with Gasteiger partial charge in [-0.15, -0.1) is 0 Å². The zero-order chi connectivity index (χ0) is 14.0. The maximum atomic E-state index is 11.4. The number of hydrogen-bond acceptors (Lipinski definition) is 4. The number of nitrogens with one attached hydrogen (secondary N) is 1. The third-order valence-corrected chi connectivity index (χ3v) is 2.44. The molecule has 0 bridgehead atoms. The van der Waals surface area contributed by atoms with Gasteiger partial charge in [-0.3, -0.25) is 9.36 Å². The fourth-order valence-corrected chi connectivity index (χ4v) is 1.54. The molecule has 0 radical (unpaired) electrons. The number of carbonyl (C=O) groups excluding carboxylic acids is 1. The Morgan fingerprint density at radius 1 is 1.37 bits per heavy atom. The van der Waals surface area contributed by atoms with E-state index in [0.717, 1.165) is 12.2 Å². The highest BCUT2D eigenvalue weighted by molar-refractivity contribution is 6.02. The highest BCUT2D eigenvalue weighted by atomic mass is 16.4. The van der Waals surface area contributed by atoms with Gasteiger partial charge in [0.25, 0.3) is 0 Å². The molecule has 0 saturated heterocycles. The number of hydrogen-bond donors (Lipinski definition) is 2. The zero-order valence-electron chi connectivity index (χ0n) is 9.91. The van der Waals surface area contributed by atoms with Crippen molar-refractivity contribution in [3.05, 3.63) is 40.9 Å². The Bertz CT molecular complexity index is 738. The third kappa shape index (κ3) is 2.71. The number of rotatable bonds is 3. The lowest BCUT2D eigenvalue weighted by Gasteiger charge is -2.01. The number of carboxylic acid groups (broad SMARTS) is 1. The molecule has 2 rings (SSSR count). The SMILES string of the molecule is Cn1c(=O)oc2cc(NC(=O)/C=C/C(=O)O)ccc21. The highest BCUT2D eigenvalue weighted by Crippen LogP contribution is 2.17. The Labute approximate surface area is 106 Å². The lowest BCUT2D eigenvalue weighted by atomic mass is 10.3. The maximum absolute atomic E-state index is 11.4. The van der Waals surface area contributed by atoms with Crippen molar-refractivity contribution in [1.29, 1.82) is 0 Å². The molecule has 0 atom stereocenters. The van der Waals surface area contributed by atoms with Gasteiger partial charge in [0, 0.05) is 31.0 Å². The molecule has 0 aliphatic carbocycles. The molecule has 1 aromatic heterocycles. The fraction of sp³-hybridized carbons (Fsp3) is 0.0833. The summed E-state index contributed by atoms with van der Waals surface area (Å²) < 4.78 is 6.30. The molecule has 2 N–H and O–H groups in total. The first-order chi connectivity index (χ1) is 8.97. The number of carbonyl (C=O) groups is 2. The monoisotopic (exact) mass is 262 g/mol. The Morgan fingerprint density at radius 2 is 2.11 bits per heavy atom. The number of fused-ring (bicyclic) bond motifs is 1. The minimum absolute atomic E-state index is 0.340. The summed E-state index contributed by atoms with van der Waals surface area (Å²) >= 11 is 0. The van der Waals surface area contributed by atoms with Crippen LogP contribution in [0.2, 0.25) is 0 Å². The molecule has 7 heteroatoms. The smallest absolute Gasteiger partial charge is 0.419 e. The van der Waals surface area contributed by atoms with E-state index >= 15 is 0 Å². The summed E-state index contributed by atoms with van der Waals surface area (Å²) in [5.41, 5.74) is 1.35.